The minimum Gasteiger partial charge on any atom is -0.168 e. The van der Waals surface area contributed by atoms with Gasteiger partial charge in [-0.05, 0) is 26.1 Å². The molecule has 2 aromatic carbocycles. The summed E-state index contributed by atoms with van der Waals surface area (Å²) in [5.74, 6) is 0. The Hall–Kier alpha value is 0.167. The number of halogens is 2. The third kappa shape index (κ3) is 16.0. The van der Waals surface area contributed by atoms with Crippen molar-refractivity contribution in [1.29, 1.82) is 0 Å². The fourth-order valence-corrected chi connectivity index (χ4v) is 3.09. The summed E-state index contributed by atoms with van der Waals surface area (Å²) in [4.78, 5) is 0. The first kappa shape index (κ1) is 35.6. The van der Waals surface area contributed by atoms with E-state index < -0.39 is 8.32 Å². The molecule has 0 aromatic heterocycles. The van der Waals surface area contributed by atoms with Gasteiger partial charge in [0, 0.05) is 6.61 Å². The Morgan fingerprint density at radius 1 is 1.11 bits per heavy atom. The Kier molecular flexibility index (Phi) is 26.0. The van der Waals surface area contributed by atoms with E-state index in [9.17, 15) is 0 Å². The van der Waals surface area contributed by atoms with E-state index in [4.69, 9.17) is 4.43 Å². The molecule has 28 heavy (non-hydrogen) atoms. The summed E-state index contributed by atoms with van der Waals surface area (Å²) in [6, 6.07) is 14.7. The topological polar surface area (TPSA) is 9.23 Å². The molecule has 0 unspecified atom stereocenters. The van der Waals surface area contributed by atoms with Crippen LogP contribution in [0.4, 0.5) is 0 Å². The van der Waals surface area contributed by atoms with E-state index in [1.165, 1.54) is 39.7 Å². The predicted octanol–water partition coefficient (Wildman–Crippen LogP) is 7.23. The van der Waals surface area contributed by atoms with Gasteiger partial charge in [0.1, 0.15) is 0 Å². The van der Waals surface area contributed by atoms with Gasteiger partial charge in [-0.15, -0.1) is 60.9 Å². The van der Waals surface area contributed by atoms with Crippen LogP contribution in [-0.2, 0) is 27.8 Å². The van der Waals surface area contributed by atoms with Gasteiger partial charge in [-0.3, -0.25) is 6.08 Å². The monoisotopic (exact) mass is 530 g/mol. The smallest absolute Gasteiger partial charge is 0.0809 e. The van der Waals surface area contributed by atoms with E-state index in [0.717, 1.165) is 25.9 Å². The second kappa shape index (κ2) is 20.4. The molecule has 0 heterocycles. The van der Waals surface area contributed by atoms with Crippen LogP contribution >= 0.6 is 24.8 Å². The van der Waals surface area contributed by atoms with E-state index in [0.29, 0.717) is 0 Å². The molecular weight excluding hydrogens is 499 g/mol. The second-order valence-electron chi connectivity index (χ2n) is 6.53. The van der Waals surface area contributed by atoms with E-state index in [2.05, 4.69) is 87.2 Å². The van der Waals surface area contributed by atoms with E-state index in [1.807, 2.05) is 0 Å². The Morgan fingerprint density at radius 3 is 2.29 bits per heavy atom. The normalized spacial score (nSPS) is 11.0. The number of hydrogen-bond acceptors (Lipinski definition) is 1. The van der Waals surface area contributed by atoms with Crippen LogP contribution < -0.4 is 0 Å². The number of allylic oxidation sites excluding steroid dienone is 4. The van der Waals surface area contributed by atoms with E-state index in [1.54, 1.807) is 0 Å². The van der Waals surface area contributed by atoms with Crippen molar-refractivity contribution in [2.24, 2.45) is 0 Å². The SMILES string of the molecule is C[Si](C)(C)OCCCC1=[C-]CC=C1.Cl.Cl.[CH3-].[CH3-].[Si]=[Zr].c1ccc2[cH-]ccc2c1. The molecule has 0 aliphatic heterocycles. The Balaban J connectivity index is -0.000000172. The first-order chi connectivity index (χ1) is 11.5. The molecule has 1 aliphatic rings. The molecule has 0 N–H and O–H groups in total. The molecule has 0 saturated heterocycles. The molecule has 158 valence electrons. The van der Waals surface area contributed by atoms with Crippen LogP contribution in [0.15, 0.2) is 60.2 Å². The third-order valence-corrected chi connectivity index (χ3v) is 4.51. The molecule has 0 fully saturated rings. The van der Waals surface area contributed by atoms with Crippen molar-refractivity contribution in [1.82, 2.24) is 0 Å². The Labute approximate surface area is 203 Å². The van der Waals surface area contributed by atoms with Gasteiger partial charge in [-0.2, -0.15) is 23.6 Å². The van der Waals surface area contributed by atoms with Gasteiger partial charge in [0.05, 0.1) is 0 Å². The molecular formula is C22H34Cl2OSi2Zr-4. The van der Waals surface area contributed by atoms with Gasteiger partial charge in [0.2, 0.25) is 0 Å². The summed E-state index contributed by atoms with van der Waals surface area (Å²) >= 11 is 1.36. The van der Waals surface area contributed by atoms with Gasteiger partial charge >= 0.3 is 30.2 Å². The summed E-state index contributed by atoms with van der Waals surface area (Å²) in [5.41, 5.74) is 1.36. The van der Waals surface area contributed by atoms with Crippen LogP contribution in [0.5, 0.6) is 0 Å². The van der Waals surface area contributed by atoms with E-state index in [-0.39, 0.29) is 39.7 Å². The predicted molar refractivity (Wildman–Crippen MR) is 132 cm³/mol. The Bertz CT molecular complexity index is 634. The summed E-state index contributed by atoms with van der Waals surface area (Å²) in [6.45, 7) is 10.7. The molecule has 2 radical (unpaired) electrons. The van der Waals surface area contributed by atoms with Gasteiger partial charge < -0.3 is 19.3 Å². The standard InChI is InChI=1S/C11H19OSi.C9H7.2CH3.2ClH.Si.Zr/c1-13(2,3)12-10-6-9-11-7-4-5-8-11;1-2-5-9-7-3-6-8(9)4-1;;;;;;/h4,7H,5-6,9-10H2,1-3H3;1-7H;2*1H3;2*1H;;/q4*-1;;;;. The Morgan fingerprint density at radius 2 is 1.75 bits per heavy atom. The zero-order valence-electron chi connectivity index (χ0n) is 17.7. The minimum absolute atomic E-state index is 0. The van der Waals surface area contributed by atoms with Crippen molar-refractivity contribution < 1.29 is 27.8 Å². The molecule has 6 heteroatoms. The maximum Gasteiger partial charge on any atom is -0.0809 e. The first-order valence-corrected chi connectivity index (χ1v) is 15.9. The largest absolute Gasteiger partial charge is 0.168 e. The van der Waals surface area contributed by atoms with Crippen molar-refractivity contribution >= 4 is 50.8 Å². The van der Waals surface area contributed by atoms with Crippen molar-refractivity contribution in [3.8, 4) is 0 Å². The number of fused-ring (bicyclic) bond motifs is 1. The molecule has 0 atom stereocenters. The second-order valence-corrected chi connectivity index (χ2v) is 11.0. The van der Waals surface area contributed by atoms with Crippen molar-refractivity contribution in [3.63, 3.8) is 0 Å². The van der Waals surface area contributed by atoms with Crippen LogP contribution in [0.1, 0.15) is 19.3 Å². The molecule has 1 nitrogen and oxygen atoms in total. The van der Waals surface area contributed by atoms with Crippen LogP contribution in [0.2, 0.25) is 19.6 Å². The maximum atomic E-state index is 5.76. The summed E-state index contributed by atoms with van der Waals surface area (Å²) in [5, 5.41) is 2.66. The molecule has 0 amide bonds. The molecule has 0 saturated carbocycles. The van der Waals surface area contributed by atoms with Crippen molar-refractivity contribution in [2.45, 2.75) is 38.9 Å². The number of hydrogen-bond donors (Lipinski definition) is 0. The van der Waals surface area contributed by atoms with Crippen LogP contribution in [-0.4, -0.2) is 21.8 Å². The van der Waals surface area contributed by atoms with Crippen LogP contribution in [0, 0.1) is 20.9 Å². The van der Waals surface area contributed by atoms with E-state index >= 15 is 0 Å². The minimum atomic E-state index is -1.28. The molecule has 0 spiro atoms. The van der Waals surface area contributed by atoms with Crippen LogP contribution in [0.25, 0.3) is 10.8 Å². The average molecular weight is 533 g/mol. The quantitative estimate of drug-likeness (QED) is 0.224. The molecule has 3 rings (SSSR count). The summed E-state index contributed by atoms with van der Waals surface area (Å²) in [7, 11) is -1.28. The van der Waals surface area contributed by atoms with Gasteiger partial charge in [-0.1, -0.05) is 12.5 Å². The third-order valence-electron chi connectivity index (χ3n) is 3.44. The molecule has 2 aromatic rings. The van der Waals surface area contributed by atoms with Crippen molar-refractivity contribution in [3.05, 3.63) is 81.1 Å². The number of rotatable bonds is 5. The summed E-state index contributed by atoms with van der Waals surface area (Å²) in [6.07, 6.45) is 10.9. The average Bonchev–Trinajstić information content (AvgIpc) is 3.24. The van der Waals surface area contributed by atoms with Gasteiger partial charge in [-0.25, -0.2) is 11.6 Å². The first-order valence-electron chi connectivity index (χ1n) is 8.30. The summed E-state index contributed by atoms with van der Waals surface area (Å²) < 4.78 is 5.76. The number of benzene rings is 1. The van der Waals surface area contributed by atoms with Crippen molar-refractivity contribution in [2.75, 3.05) is 6.61 Å². The zero-order valence-corrected chi connectivity index (χ0v) is 23.8. The fourth-order valence-electron chi connectivity index (χ4n) is 2.33. The van der Waals surface area contributed by atoms with Gasteiger partial charge in [0.25, 0.3) is 0 Å². The van der Waals surface area contributed by atoms with Gasteiger partial charge in [0.15, 0.2) is 8.32 Å². The fraction of sp³-hybridized carbons (Fsp3) is 0.318. The molecule has 0 bridgehead atoms. The zero-order chi connectivity index (χ0) is 17.8. The molecule has 1 aliphatic carbocycles. The van der Waals surface area contributed by atoms with Crippen LogP contribution in [0.3, 0.4) is 0 Å². The maximum absolute atomic E-state index is 5.76.